The SMILES string of the molecule is CCn1cc([C@@H]2CN(C(=O)NCCc3nccs3)CCO2)cn1. The number of aromatic nitrogens is 3. The molecule has 2 amide bonds. The summed E-state index contributed by atoms with van der Waals surface area (Å²) in [4.78, 5) is 18.3. The Balaban J connectivity index is 1.50. The van der Waals surface area contributed by atoms with Gasteiger partial charge in [0.15, 0.2) is 0 Å². The predicted octanol–water partition coefficient (Wildman–Crippen LogP) is 1.69. The topological polar surface area (TPSA) is 72.3 Å². The molecule has 3 heterocycles. The highest BCUT2D eigenvalue weighted by molar-refractivity contribution is 7.09. The summed E-state index contributed by atoms with van der Waals surface area (Å²) in [6.45, 7) is 5.18. The zero-order valence-corrected chi connectivity index (χ0v) is 14.0. The molecule has 1 atom stereocenters. The summed E-state index contributed by atoms with van der Waals surface area (Å²) in [5.74, 6) is 0. The Labute approximate surface area is 139 Å². The lowest BCUT2D eigenvalue weighted by molar-refractivity contribution is -0.0154. The van der Waals surface area contributed by atoms with E-state index in [1.165, 1.54) is 0 Å². The second kappa shape index (κ2) is 7.56. The highest BCUT2D eigenvalue weighted by Gasteiger charge is 2.26. The number of amides is 2. The maximum atomic E-state index is 12.3. The summed E-state index contributed by atoms with van der Waals surface area (Å²) < 4.78 is 7.65. The normalized spacial score (nSPS) is 18.1. The minimum atomic E-state index is -0.103. The van der Waals surface area contributed by atoms with Crippen molar-refractivity contribution in [2.24, 2.45) is 0 Å². The molecule has 2 aromatic rings. The van der Waals surface area contributed by atoms with Gasteiger partial charge in [0.1, 0.15) is 6.10 Å². The Morgan fingerprint density at radius 2 is 2.48 bits per heavy atom. The van der Waals surface area contributed by atoms with Gasteiger partial charge in [0.2, 0.25) is 0 Å². The summed E-state index contributed by atoms with van der Waals surface area (Å²) in [7, 11) is 0. The fraction of sp³-hybridized carbons (Fsp3) is 0.533. The number of hydrogen-bond donors (Lipinski definition) is 1. The van der Waals surface area contributed by atoms with Crippen LogP contribution in [0.1, 0.15) is 23.6 Å². The number of morpholine rings is 1. The standard InChI is InChI=1S/C15H21N5O2S/c1-2-20-10-12(9-18-20)13-11-19(6-7-22-13)15(21)17-4-3-14-16-5-8-23-14/h5,8-10,13H,2-4,6-7,11H2,1H3,(H,17,21)/t13-/m0/s1. The van der Waals surface area contributed by atoms with E-state index in [1.807, 2.05) is 29.4 Å². The number of urea groups is 1. The first-order valence-electron chi connectivity index (χ1n) is 7.81. The molecule has 0 radical (unpaired) electrons. The fourth-order valence-corrected chi connectivity index (χ4v) is 3.14. The van der Waals surface area contributed by atoms with E-state index < -0.39 is 0 Å². The summed E-state index contributed by atoms with van der Waals surface area (Å²) in [6.07, 6.45) is 6.24. The molecule has 7 nitrogen and oxygen atoms in total. The van der Waals surface area contributed by atoms with Gasteiger partial charge in [-0.2, -0.15) is 5.10 Å². The monoisotopic (exact) mass is 335 g/mol. The minimum absolute atomic E-state index is 0.0438. The van der Waals surface area contributed by atoms with Gasteiger partial charge in [0.25, 0.3) is 0 Å². The van der Waals surface area contributed by atoms with Crippen molar-refractivity contribution in [2.75, 3.05) is 26.2 Å². The summed E-state index contributed by atoms with van der Waals surface area (Å²) in [6, 6.07) is -0.0438. The van der Waals surface area contributed by atoms with Crippen molar-refractivity contribution >= 4 is 17.4 Å². The average molecular weight is 335 g/mol. The number of nitrogens with one attached hydrogen (secondary N) is 1. The van der Waals surface area contributed by atoms with Crippen LogP contribution in [0.25, 0.3) is 0 Å². The van der Waals surface area contributed by atoms with Crippen LogP contribution >= 0.6 is 11.3 Å². The van der Waals surface area contributed by atoms with Crippen LogP contribution < -0.4 is 5.32 Å². The van der Waals surface area contributed by atoms with Crippen molar-refractivity contribution in [3.8, 4) is 0 Å². The molecule has 1 N–H and O–H groups in total. The molecular weight excluding hydrogens is 314 g/mol. The molecular formula is C15H21N5O2S. The number of hydrogen-bond acceptors (Lipinski definition) is 5. The number of rotatable bonds is 5. The third-order valence-corrected chi connectivity index (χ3v) is 4.64. The Morgan fingerprint density at radius 3 is 3.22 bits per heavy atom. The zero-order chi connectivity index (χ0) is 16.1. The molecule has 0 spiro atoms. The van der Waals surface area contributed by atoms with Crippen molar-refractivity contribution < 1.29 is 9.53 Å². The second-order valence-electron chi connectivity index (χ2n) is 5.34. The van der Waals surface area contributed by atoms with Crippen LogP contribution in [0.3, 0.4) is 0 Å². The van der Waals surface area contributed by atoms with Crippen LogP contribution in [0.15, 0.2) is 24.0 Å². The van der Waals surface area contributed by atoms with Crippen LogP contribution in [0, 0.1) is 0 Å². The average Bonchev–Trinajstić information content (AvgIpc) is 3.26. The van der Waals surface area contributed by atoms with Gasteiger partial charge in [-0.05, 0) is 6.92 Å². The number of ether oxygens (including phenoxy) is 1. The minimum Gasteiger partial charge on any atom is -0.370 e. The van der Waals surface area contributed by atoms with Gasteiger partial charge in [-0.25, -0.2) is 9.78 Å². The molecule has 1 fully saturated rings. The van der Waals surface area contributed by atoms with E-state index in [9.17, 15) is 4.79 Å². The number of thiazole rings is 1. The number of carbonyl (C=O) groups is 1. The molecule has 1 aliphatic rings. The van der Waals surface area contributed by atoms with Gasteiger partial charge in [-0.3, -0.25) is 4.68 Å². The maximum Gasteiger partial charge on any atom is 0.317 e. The molecule has 0 aromatic carbocycles. The second-order valence-corrected chi connectivity index (χ2v) is 6.32. The van der Waals surface area contributed by atoms with Gasteiger partial charge in [0, 0.05) is 49.4 Å². The van der Waals surface area contributed by atoms with Crippen LogP contribution in [0.2, 0.25) is 0 Å². The lowest BCUT2D eigenvalue weighted by Gasteiger charge is -2.32. The highest BCUT2D eigenvalue weighted by atomic mass is 32.1. The van der Waals surface area contributed by atoms with Crippen LogP contribution in [0.4, 0.5) is 4.79 Å². The molecule has 1 aliphatic heterocycles. The van der Waals surface area contributed by atoms with Crippen LogP contribution in [0.5, 0.6) is 0 Å². The van der Waals surface area contributed by atoms with Crippen molar-refractivity contribution in [3.63, 3.8) is 0 Å². The number of carbonyl (C=O) groups excluding carboxylic acids is 1. The fourth-order valence-electron chi connectivity index (χ4n) is 2.52. The first kappa shape index (κ1) is 15.9. The van der Waals surface area contributed by atoms with E-state index in [4.69, 9.17) is 4.74 Å². The van der Waals surface area contributed by atoms with Crippen molar-refractivity contribution in [1.82, 2.24) is 25.0 Å². The van der Waals surface area contributed by atoms with Crippen molar-refractivity contribution in [3.05, 3.63) is 34.5 Å². The first-order chi connectivity index (χ1) is 11.3. The molecule has 2 aromatic heterocycles. The zero-order valence-electron chi connectivity index (χ0n) is 13.1. The predicted molar refractivity (Wildman–Crippen MR) is 87.4 cm³/mol. The third kappa shape index (κ3) is 4.08. The number of nitrogens with zero attached hydrogens (tertiary/aromatic N) is 4. The first-order valence-corrected chi connectivity index (χ1v) is 8.69. The van der Waals surface area contributed by atoms with Gasteiger partial charge in [0.05, 0.1) is 24.4 Å². The summed E-state index contributed by atoms with van der Waals surface area (Å²) >= 11 is 1.61. The van der Waals surface area contributed by atoms with E-state index >= 15 is 0 Å². The maximum absolute atomic E-state index is 12.3. The quantitative estimate of drug-likeness (QED) is 0.902. The van der Waals surface area contributed by atoms with E-state index in [0.717, 1.165) is 23.5 Å². The molecule has 1 saturated heterocycles. The van der Waals surface area contributed by atoms with Crippen molar-refractivity contribution in [2.45, 2.75) is 26.0 Å². The lowest BCUT2D eigenvalue weighted by atomic mass is 10.1. The molecule has 124 valence electrons. The van der Waals surface area contributed by atoms with Gasteiger partial charge >= 0.3 is 6.03 Å². The van der Waals surface area contributed by atoms with E-state index in [1.54, 1.807) is 22.4 Å². The highest BCUT2D eigenvalue weighted by Crippen LogP contribution is 2.21. The largest absolute Gasteiger partial charge is 0.370 e. The molecule has 0 unspecified atom stereocenters. The third-order valence-electron chi connectivity index (χ3n) is 3.80. The van der Waals surface area contributed by atoms with E-state index in [-0.39, 0.29) is 12.1 Å². The Kier molecular flexibility index (Phi) is 5.24. The Bertz CT molecular complexity index is 628. The van der Waals surface area contributed by atoms with Crippen LogP contribution in [-0.2, 0) is 17.7 Å². The Hall–Kier alpha value is -1.93. The van der Waals surface area contributed by atoms with Crippen molar-refractivity contribution in [1.29, 1.82) is 0 Å². The summed E-state index contributed by atoms with van der Waals surface area (Å²) in [5.41, 5.74) is 1.02. The molecule has 3 rings (SSSR count). The number of aryl methyl sites for hydroxylation is 1. The van der Waals surface area contributed by atoms with Gasteiger partial charge in [-0.15, -0.1) is 11.3 Å². The molecule has 0 bridgehead atoms. The molecule has 8 heteroatoms. The van der Waals surface area contributed by atoms with E-state index in [2.05, 4.69) is 15.4 Å². The van der Waals surface area contributed by atoms with Gasteiger partial charge < -0.3 is 15.0 Å². The molecule has 23 heavy (non-hydrogen) atoms. The smallest absolute Gasteiger partial charge is 0.317 e. The van der Waals surface area contributed by atoms with Gasteiger partial charge in [-0.1, -0.05) is 0 Å². The van der Waals surface area contributed by atoms with Crippen LogP contribution in [-0.4, -0.2) is 51.9 Å². The Morgan fingerprint density at radius 1 is 1.57 bits per heavy atom. The summed E-state index contributed by atoms with van der Waals surface area (Å²) in [5, 5.41) is 10.2. The molecule has 0 saturated carbocycles. The van der Waals surface area contributed by atoms with E-state index in [0.29, 0.717) is 26.2 Å². The molecule has 0 aliphatic carbocycles. The lowest BCUT2D eigenvalue weighted by Crippen LogP contribution is -2.47.